The van der Waals surface area contributed by atoms with E-state index in [4.69, 9.17) is 4.74 Å². The molecular formula is C13H14N4O2S. The summed E-state index contributed by atoms with van der Waals surface area (Å²) in [7, 11) is 0. The monoisotopic (exact) mass is 290 g/mol. The highest BCUT2D eigenvalue weighted by Gasteiger charge is 2.32. The van der Waals surface area contributed by atoms with Gasteiger partial charge in [-0.2, -0.15) is 0 Å². The predicted molar refractivity (Wildman–Crippen MR) is 76.1 cm³/mol. The second-order valence-electron chi connectivity index (χ2n) is 4.51. The summed E-state index contributed by atoms with van der Waals surface area (Å²) in [6, 6.07) is 9.46. The zero-order chi connectivity index (χ0) is 13.9. The lowest BCUT2D eigenvalue weighted by Crippen LogP contribution is -2.57. The van der Waals surface area contributed by atoms with Crippen LogP contribution in [0.2, 0.25) is 0 Å². The number of nitrogens with zero attached hydrogens (tertiary/aromatic N) is 3. The Balaban J connectivity index is 1.47. The number of rotatable bonds is 3. The maximum atomic E-state index is 11.9. The number of hydrogen-bond acceptors (Lipinski definition) is 5. The maximum Gasteiger partial charge on any atom is 0.323 e. The average Bonchev–Trinajstić information content (AvgIpc) is 2.80. The van der Waals surface area contributed by atoms with Crippen molar-refractivity contribution in [1.82, 2.24) is 15.1 Å². The van der Waals surface area contributed by atoms with Gasteiger partial charge in [-0.3, -0.25) is 5.32 Å². The van der Waals surface area contributed by atoms with Crippen molar-refractivity contribution in [1.29, 1.82) is 0 Å². The van der Waals surface area contributed by atoms with Crippen LogP contribution in [0.15, 0.2) is 30.3 Å². The number of amides is 2. The van der Waals surface area contributed by atoms with Crippen molar-refractivity contribution < 1.29 is 9.53 Å². The first kappa shape index (κ1) is 12.9. The molecule has 1 aromatic carbocycles. The number of para-hydroxylation sites is 1. The van der Waals surface area contributed by atoms with E-state index < -0.39 is 0 Å². The molecule has 7 heteroatoms. The summed E-state index contributed by atoms with van der Waals surface area (Å²) in [5.74, 6) is 0.831. The summed E-state index contributed by atoms with van der Waals surface area (Å²) in [6.45, 7) is 3.01. The van der Waals surface area contributed by atoms with Gasteiger partial charge in [-0.25, -0.2) is 4.79 Å². The van der Waals surface area contributed by atoms with Crippen molar-refractivity contribution >= 4 is 22.5 Å². The largest absolute Gasteiger partial charge is 0.487 e. The molecule has 1 fully saturated rings. The number of likely N-dealkylation sites (tertiary alicyclic amines) is 1. The lowest BCUT2D eigenvalue weighted by Gasteiger charge is -2.38. The molecular weight excluding hydrogens is 276 g/mol. The first-order chi connectivity index (χ1) is 9.70. The molecule has 1 aromatic heterocycles. The zero-order valence-electron chi connectivity index (χ0n) is 10.9. The van der Waals surface area contributed by atoms with Gasteiger partial charge in [-0.05, 0) is 19.1 Å². The first-order valence-corrected chi connectivity index (χ1v) is 7.10. The number of carbonyl (C=O) groups excluding carboxylic acids is 1. The van der Waals surface area contributed by atoms with E-state index in [1.54, 1.807) is 4.90 Å². The van der Waals surface area contributed by atoms with E-state index in [0.29, 0.717) is 18.2 Å². The van der Waals surface area contributed by atoms with Crippen LogP contribution in [0.25, 0.3) is 0 Å². The molecule has 1 N–H and O–H groups in total. The molecule has 6 nitrogen and oxygen atoms in total. The van der Waals surface area contributed by atoms with E-state index >= 15 is 0 Å². The number of nitrogens with one attached hydrogen (secondary N) is 1. The van der Waals surface area contributed by atoms with Gasteiger partial charge in [-0.15, -0.1) is 10.2 Å². The fraction of sp³-hybridized carbons (Fsp3) is 0.308. The number of aryl methyl sites for hydroxylation is 1. The summed E-state index contributed by atoms with van der Waals surface area (Å²) in [5, 5.41) is 11.8. The van der Waals surface area contributed by atoms with Gasteiger partial charge >= 0.3 is 6.03 Å². The Kier molecular flexibility index (Phi) is 3.51. The van der Waals surface area contributed by atoms with Gasteiger partial charge in [0.15, 0.2) is 0 Å². The van der Waals surface area contributed by atoms with Crippen molar-refractivity contribution in [3.8, 4) is 5.75 Å². The lowest BCUT2D eigenvalue weighted by atomic mass is 10.2. The van der Waals surface area contributed by atoms with E-state index in [2.05, 4.69) is 15.5 Å². The van der Waals surface area contributed by atoms with Crippen LogP contribution in [0.5, 0.6) is 5.75 Å². The number of ether oxygens (including phenoxy) is 1. The second-order valence-corrected chi connectivity index (χ2v) is 5.70. The maximum absolute atomic E-state index is 11.9. The minimum absolute atomic E-state index is 0.0549. The van der Waals surface area contributed by atoms with Crippen LogP contribution < -0.4 is 10.1 Å². The first-order valence-electron chi connectivity index (χ1n) is 6.28. The van der Waals surface area contributed by atoms with Crippen LogP contribution in [0, 0.1) is 6.92 Å². The van der Waals surface area contributed by atoms with Crippen LogP contribution in [-0.4, -0.2) is 40.3 Å². The Morgan fingerprint density at radius 2 is 2.10 bits per heavy atom. The Hall–Kier alpha value is -2.15. The minimum atomic E-state index is -0.158. The van der Waals surface area contributed by atoms with E-state index in [9.17, 15) is 4.79 Å². The topological polar surface area (TPSA) is 67.4 Å². The molecule has 20 heavy (non-hydrogen) atoms. The molecule has 0 radical (unpaired) electrons. The standard InChI is InChI=1S/C13H14N4O2S/c1-9-15-16-12(20-9)14-13(18)17-7-11(8-17)19-10-5-3-2-4-6-10/h2-6,11H,7-8H2,1H3,(H,14,16,18). The van der Waals surface area contributed by atoms with Crippen molar-refractivity contribution in [3.05, 3.63) is 35.3 Å². The Bertz CT molecular complexity index is 595. The van der Waals surface area contributed by atoms with Crippen LogP contribution in [0.3, 0.4) is 0 Å². The van der Waals surface area contributed by atoms with Gasteiger partial charge in [0.05, 0.1) is 13.1 Å². The van der Waals surface area contributed by atoms with E-state index in [1.165, 1.54) is 11.3 Å². The second kappa shape index (κ2) is 5.46. The van der Waals surface area contributed by atoms with Crippen LogP contribution in [-0.2, 0) is 0 Å². The van der Waals surface area contributed by atoms with Gasteiger partial charge < -0.3 is 9.64 Å². The zero-order valence-corrected chi connectivity index (χ0v) is 11.8. The summed E-state index contributed by atoms with van der Waals surface area (Å²) in [5.41, 5.74) is 0. The average molecular weight is 290 g/mol. The summed E-state index contributed by atoms with van der Waals surface area (Å²) < 4.78 is 5.74. The molecule has 0 bridgehead atoms. The molecule has 0 atom stereocenters. The number of urea groups is 1. The molecule has 0 spiro atoms. The number of aromatic nitrogens is 2. The van der Waals surface area contributed by atoms with Gasteiger partial charge in [-0.1, -0.05) is 29.5 Å². The van der Waals surface area contributed by atoms with Gasteiger partial charge in [0.25, 0.3) is 0 Å². The van der Waals surface area contributed by atoms with Crippen molar-refractivity contribution in [3.63, 3.8) is 0 Å². The quantitative estimate of drug-likeness (QED) is 0.940. The Morgan fingerprint density at radius 1 is 1.35 bits per heavy atom. The fourth-order valence-electron chi connectivity index (χ4n) is 1.89. The van der Waals surface area contributed by atoms with Gasteiger partial charge in [0.2, 0.25) is 5.13 Å². The molecule has 0 saturated carbocycles. The third kappa shape index (κ3) is 2.88. The normalized spacial score (nSPS) is 14.8. The van der Waals surface area contributed by atoms with Gasteiger partial charge in [0, 0.05) is 0 Å². The van der Waals surface area contributed by atoms with Crippen LogP contribution in [0.1, 0.15) is 5.01 Å². The minimum Gasteiger partial charge on any atom is -0.487 e. The summed E-state index contributed by atoms with van der Waals surface area (Å²) in [4.78, 5) is 13.6. The highest BCUT2D eigenvalue weighted by molar-refractivity contribution is 7.15. The SMILES string of the molecule is Cc1nnc(NC(=O)N2CC(Oc3ccccc3)C2)s1. The molecule has 3 rings (SSSR count). The molecule has 0 aliphatic carbocycles. The summed E-state index contributed by atoms with van der Waals surface area (Å²) in [6.07, 6.45) is 0.0549. The molecule has 2 amide bonds. The van der Waals surface area contributed by atoms with Crippen molar-refractivity contribution in [2.75, 3.05) is 18.4 Å². The predicted octanol–water partition coefficient (Wildman–Crippen LogP) is 2.14. The Labute approximate surface area is 120 Å². The number of hydrogen-bond donors (Lipinski definition) is 1. The third-order valence-corrected chi connectivity index (χ3v) is 3.68. The van der Waals surface area contributed by atoms with Crippen molar-refractivity contribution in [2.45, 2.75) is 13.0 Å². The van der Waals surface area contributed by atoms with E-state index in [1.807, 2.05) is 37.3 Å². The number of carbonyl (C=O) groups is 1. The highest BCUT2D eigenvalue weighted by Crippen LogP contribution is 2.19. The van der Waals surface area contributed by atoms with Crippen molar-refractivity contribution in [2.24, 2.45) is 0 Å². The Morgan fingerprint density at radius 3 is 2.75 bits per heavy atom. The number of anilines is 1. The number of benzene rings is 1. The molecule has 1 aliphatic rings. The van der Waals surface area contributed by atoms with E-state index in [0.717, 1.165) is 10.8 Å². The lowest BCUT2D eigenvalue weighted by molar-refractivity contribution is 0.0493. The van der Waals surface area contributed by atoms with Gasteiger partial charge in [0.1, 0.15) is 16.9 Å². The van der Waals surface area contributed by atoms with Crippen LogP contribution in [0.4, 0.5) is 9.93 Å². The molecule has 1 aliphatic heterocycles. The smallest absolute Gasteiger partial charge is 0.323 e. The molecule has 1 saturated heterocycles. The van der Waals surface area contributed by atoms with Crippen LogP contribution >= 0.6 is 11.3 Å². The fourth-order valence-corrected chi connectivity index (χ4v) is 2.47. The molecule has 2 aromatic rings. The third-order valence-electron chi connectivity index (χ3n) is 2.92. The molecule has 104 valence electrons. The highest BCUT2D eigenvalue weighted by atomic mass is 32.1. The van der Waals surface area contributed by atoms with E-state index in [-0.39, 0.29) is 12.1 Å². The molecule has 2 heterocycles. The molecule has 0 unspecified atom stereocenters. The summed E-state index contributed by atoms with van der Waals surface area (Å²) >= 11 is 1.36.